The first kappa shape index (κ1) is 17.3. The molecule has 0 bridgehead atoms. The molecule has 0 saturated carbocycles. The van der Waals surface area contributed by atoms with E-state index in [1.807, 2.05) is 13.8 Å². The topological polar surface area (TPSA) is 67.8 Å². The van der Waals surface area contributed by atoms with Crippen LogP contribution in [0.4, 0.5) is 0 Å². The van der Waals surface area contributed by atoms with E-state index >= 15 is 0 Å². The van der Waals surface area contributed by atoms with Crippen LogP contribution in [-0.2, 0) is 4.79 Å². The Morgan fingerprint density at radius 1 is 1.19 bits per heavy atom. The number of rotatable bonds is 8. The molecule has 0 radical (unpaired) electrons. The fourth-order valence-electron chi connectivity index (χ4n) is 1.92. The summed E-state index contributed by atoms with van der Waals surface area (Å²) in [4.78, 5) is 12.1. The van der Waals surface area contributed by atoms with Crippen molar-refractivity contribution in [1.82, 2.24) is 5.32 Å². The molecule has 0 aliphatic rings. The average Bonchev–Trinajstić information content (AvgIpc) is 2.47. The smallest absolute Gasteiger partial charge is 0.261 e. The SMILES string of the molecule is COc1ccc(OC(C)C(=O)NC(CCO)C(C)C)cc1. The van der Waals surface area contributed by atoms with Crippen molar-refractivity contribution in [3.8, 4) is 11.5 Å². The summed E-state index contributed by atoms with van der Waals surface area (Å²) in [5, 5.41) is 11.9. The number of hydrogen-bond acceptors (Lipinski definition) is 4. The molecular weight excluding hydrogens is 270 g/mol. The fraction of sp³-hybridized carbons (Fsp3) is 0.562. The summed E-state index contributed by atoms with van der Waals surface area (Å²) in [5.74, 6) is 1.43. The van der Waals surface area contributed by atoms with Gasteiger partial charge in [-0.05, 0) is 43.5 Å². The normalized spacial score (nSPS) is 13.6. The molecule has 2 unspecified atom stereocenters. The van der Waals surface area contributed by atoms with Crippen LogP contribution in [0.25, 0.3) is 0 Å². The molecule has 5 nitrogen and oxygen atoms in total. The van der Waals surface area contributed by atoms with Crippen molar-refractivity contribution in [1.29, 1.82) is 0 Å². The van der Waals surface area contributed by atoms with Crippen LogP contribution in [0.2, 0.25) is 0 Å². The lowest BCUT2D eigenvalue weighted by atomic mass is 10.0. The third kappa shape index (κ3) is 5.63. The number of hydrogen-bond donors (Lipinski definition) is 2. The first-order chi connectivity index (χ1) is 9.97. The molecule has 118 valence electrons. The van der Waals surface area contributed by atoms with E-state index in [9.17, 15) is 4.79 Å². The summed E-state index contributed by atoms with van der Waals surface area (Å²) in [5.41, 5.74) is 0. The highest BCUT2D eigenvalue weighted by molar-refractivity contribution is 5.81. The lowest BCUT2D eigenvalue weighted by Crippen LogP contribution is -2.45. The molecule has 1 aromatic rings. The summed E-state index contributed by atoms with van der Waals surface area (Å²) >= 11 is 0. The van der Waals surface area contributed by atoms with Crippen LogP contribution >= 0.6 is 0 Å². The standard InChI is InChI=1S/C16H25NO4/c1-11(2)15(9-10-18)17-16(19)12(3)21-14-7-5-13(20-4)6-8-14/h5-8,11-12,15,18H,9-10H2,1-4H3,(H,17,19). The van der Waals surface area contributed by atoms with Gasteiger partial charge >= 0.3 is 0 Å². The molecule has 0 saturated heterocycles. The predicted molar refractivity (Wildman–Crippen MR) is 81.6 cm³/mol. The quantitative estimate of drug-likeness (QED) is 0.769. The minimum Gasteiger partial charge on any atom is -0.497 e. The van der Waals surface area contributed by atoms with E-state index < -0.39 is 6.10 Å². The van der Waals surface area contributed by atoms with Crippen molar-refractivity contribution in [2.45, 2.75) is 39.3 Å². The Labute approximate surface area is 126 Å². The van der Waals surface area contributed by atoms with Crippen LogP contribution in [0.15, 0.2) is 24.3 Å². The summed E-state index contributed by atoms with van der Waals surface area (Å²) in [7, 11) is 1.60. The summed E-state index contributed by atoms with van der Waals surface area (Å²) in [6.45, 7) is 5.78. The molecule has 5 heteroatoms. The first-order valence-corrected chi connectivity index (χ1v) is 7.19. The lowest BCUT2D eigenvalue weighted by molar-refractivity contribution is -0.128. The van der Waals surface area contributed by atoms with E-state index in [2.05, 4.69) is 5.32 Å². The van der Waals surface area contributed by atoms with Crippen LogP contribution in [0.1, 0.15) is 27.2 Å². The van der Waals surface area contributed by atoms with Crippen LogP contribution in [-0.4, -0.2) is 36.9 Å². The van der Waals surface area contributed by atoms with Crippen LogP contribution in [0, 0.1) is 5.92 Å². The number of carbonyl (C=O) groups excluding carboxylic acids is 1. The highest BCUT2D eigenvalue weighted by atomic mass is 16.5. The number of carbonyl (C=O) groups is 1. The van der Waals surface area contributed by atoms with Crippen LogP contribution < -0.4 is 14.8 Å². The maximum atomic E-state index is 12.1. The molecule has 1 rings (SSSR count). The van der Waals surface area contributed by atoms with Gasteiger partial charge in [-0.3, -0.25) is 4.79 Å². The Morgan fingerprint density at radius 3 is 2.24 bits per heavy atom. The molecule has 0 aromatic heterocycles. The van der Waals surface area contributed by atoms with Gasteiger partial charge in [-0.1, -0.05) is 13.8 Å². The van der Waals surface area contributed by atoms with Gasteiger partial charge in [0.25, 0.3) is 5.91 Å². The zero-order valence-electron chi connectivity index (χ0n) is 13.1. The Balaban J connectivity index is 2.56. The highest BCUT2D eigenvalue weighted by Gasteiger charge is 2.20. The third-order valence-electron chi connectivity index (χ3n) is 3.31. The van der Waals surface area contributed by atoms with E-state index in [4.69, 9.17) is 14.6 Å². The second kappa shape index (κ2) is 8.52. The van der Waals surface area contributed by atoms with Crippen molar-refractivity contribution in [2.24, 2.45) is 5.92 Å². The van der Waals surface area contributed by atoms with Gasteiger partial charge < -0.3 is 19.9 Å². The Hall–Kier alpha value is -1.75. The van der Waals surface area contributed by atoms with Crippen molar-refractivity contribution in [3.05, 3.63) is 24.3 Å². The van der Waals surface area contributed by atoms with E-state index in [0.717, 1.165) is 5.75 Å². The van der Waals surface area contributed by atoms with Gasteiger partial charge in [-0.25, -0.2) is 0 Å². The molecule has 1 amide bonds. The Kier molecular flexibility index (Phi) is 7.02. The van der Waals surface area contributed by atoms with Gasteiger partial charge in [-0.15, -0.1) is 0 Å². The number of methoxy groups -OCH3 is 1. The maximum Gasteiger partial charge on any atom is 0.261 e. The van der Waals surface area contributed by atoms with Crippen molar-refractivity contribution in [3.63, 3.8) is 0 Å². The van der Waals surface area contributed by atoms with E-state index in [0.29, 0.717) is 12.2 Å². The Bertz CT molecular complexity index is 430. The third-order valence-corrected chi connectivity index (χ3v) is 3.31. The minimum atomic E-state index is -0.599. The number of nitrogens with one attached hydrogen (secondary N) is 1. The zero-order chi connectivity index (χ0) is 15.8. The highest BCUT2D eigenvalue weighted by Crippen LogP contribution is 2.18. The lowest BCUT2D eigenvalue weighted by Gasteiger charge is -2.24. The average molecular weight is 295 g/mol. The molecule has 0 aliphatic carbocycles. The second-order valence-corrected chi connectivity index (χ2v) is 5.31. The monoisotopic (exact) mass is 295 g/mol. The molecule has 0 heterocycles. The number of amides is 1. The van der Waals surface area contributed by atoms with E-state index in [1.165, 1.54) is 0 Å². The van der Waals surface area contributed by atoms with Gasteiger partial charge in [0.15, 0.2) is 6.10 Å². The van der Waals surface area contributed by atoms with Crippen LogP contribution in [0.5, 0.6) is 11.5 Å². The first-order valence-electron chi connectivity index (χ1n) is 7.19. The zero-order valence-corrected chi connectivity index (χ0v) is 13.1. The molecule has 1 aromatic carbocycles. The molecule has 0 spiro atoms. The van der Waals surface area contributed by atoms with Crippen LogP contribution in [0.3, 0.4) is 0 Å². The molecule has 2 atom stereocenters. The van der Waals surface area contributed by atoms with Crippen molar-refractivity contribution < 1.29 is 19.4 Å². The summed E-state index contributed by atoms with van der Waals surface area (Å²) < 4.78 is 10.7. The van der Waals surface area contributed by atoms with Gasteiger partial charge in [-0.2, -0.15) is 0 Å². The second-order valence-electron chi connectivity index (χ2n) is 5.31. The largest absolute Gasteiger partial charge is 0.497 e. The van der Waals surface area contributed by atoms with E-state index in [1.54, 1.807) is 38.3 Å². The summed E-state index contributed by atoms with van der Waals surface area (Å²) in [6.07, 6.45) is -0.0584. The molecule has 21 heavy (non-hydrogen) atoms. The number of benzene rings is 1. The number of aliphatic hydroxyl groups is 1. The molecule has 2 N–H and O–H groups in total. The van der Waals surface area contributed by atoms with Crippen molar-refractivity contribution in [2.75, 3.05) is 13.7 Å². The fourth-order valence-corrected chi connectivity index (χ4v) is 1.92. The molecule has 0 fully saturated rings. The number of aliphatic hydroxyl groups excluding tert-OH is 1. The molecule has 0 aliphatic heterocycles. The predicted octanol–water partition coefficient (Wildman–Crippen LogP) is 1.99. The van der Waals surface area contributed by atoms with Gasteiger partial charge in [0.2, 0.25) is 0 Å². The van der Waals surface area contributed by atoms with Crippen molar-refractivity contribution >= 4 is 5.91 Å². The minimum absolute atomic E-state index is 0.0515. The number of ether oxygens (including phenoxy) is 2. The van der Waals surface area contributed by atoms with Gasteiger partial charge in [0.1, 0.15) is 11.5 Å². The maximum absolute atomic E-state index is 12.1. The Morgan fingerprint density at radius 2 is 1.76 bits per heavy atom. The van der Waals surface area contributed by atoms with Gasteiger partial charge in [0, 0.05) is 12.6 Å². The van der Waals surface area contributed by atoms with E-state index in [-0.39, 0.29) is 24.5 Å². The van der Waals surface area contributed by atoms with Gasteiger partial charge in [0.05, 0.1) is 7.11 Å². The summed E-state index contributed by atoms with van der Waals surface area (Å²) in [6, 6.07) is 7.03. The molecular formula is C16H25NO4.